The highest BCUT2D eigenvalue weighted by atomic mass is 35.5. The van der Waals surface area contributed by atoms with Crippen LogP contribution in [-0.2, 0) is 6.42 Å². The molecule has 1 heterocycles. The zero-order valence-electron chi connectivity index (χ0n) is 10.5. The number of aromatic nitrogens is 1. The number of halogens is 2. The normalized spacial score (nSPS) is 10.9. The molecule has 0 unspecified atom stereocenters. The third-order valence-corrected chi connectivity index (χ3v) is 3.47. The van der Waals surface area contributed by atoms with Gasteiger partial charge in [0.25, 0.3) is 0 Å². The SMILES string of the molecule is O=C(Cc1ccc(Cl)cc1)c1c[nH]c2ccc(F)cc12. The zero-order valence-corrected chi connectivity index (χ0v) is 11.2. The minimum Gasteiger partial charge on any atom is -0.360 e. The lowest BCUT2D eigenvalue weighted by Crippen LogP contribution is -2.02. The molecule has 1 aromatic heterocycles. The van der Waals surface area contributed by atoms with Crippen LogP contribution < -0.4 is 0 Å². The highest BCUT2D eigenvalue weighted by molar-refractivity contribution is 6.30. The van der Waals surface area contributed by atoms with Crippen LogP contribution in [0.1, 0.15) is 15.9 Å². The van der Waals surface area contributed by atoms with Crippen molar-refractivity contribution in [3.63, 3.8) is 0 Å². The molecule has 2 nitrogen and oxygen atoms in total. The van der Waals surface area contributed by atoms with Crippen molar-refractivity contribution in [1.82, 2.24) is 4.98 Å². The molecule has 0 aliphatic heterocycles. The Bertz CT molecular complexity index is 777. The summed E-state index contributed by atoms with van der Waals surface area (Å²) in [6, 6.07) is 11.5. The largest absolute Gasteiger partial charge is 0.360 e. The summed E-state index contributed by atoms with van der Waals surface area (Å²) in [6.07, 6.45) is 1.89. The van der Waals surface area contributed by atoms with Crippen LogP contribution in [0.2, 0.25) is 5.02 Å². The zero-order chi connectivity index (χ0) is 14.1. The van der Waals surface area contributed by atoms with Crippen LogP contribution in [0.5, 0.6) is 0 Å². The predicted octanol–water partition coefficient (Wildman–Crippen LogP) is 4.39. The van der Waals surface area contributed by atoms with E-state index in [1.807, 2.05) is 12.1 Å². The maximum absolute atomic E-state index is 13.3. The molecule has 0 spiro atoms. The standard InChI is InChI=1S/C16H11ClFNO/c17-11-3-1-10(2-4-11)7-16(20)14-9-19-15-6-5-12(18)8-13(14)15/h1-6,8-9,19H,7H2. The van der Waals surface area contributed by atoms with Crippen LogP contribution in [0, 0.1) is 5.82 Å². The van der Waals surface area contributed by atoms with Crippen molar-refractivity contribution in [2.24, 2.45) is 0 Å². The van der Waals surface area contributed by atoms with Crippen LogP contribution in [-0.4, -0.2) is 10.8 Å². The number of rotatable bonds is 3. The molecule has 1 N–H and O–H groups in total. The topological polar surface area (TPSA) is 32.9 Å². The number of ketones is 1. The number of benzene rings is 2. The number of aromatic amines is 1. The number of fused-ring (bicyclic) bond motifs is 1. The first kappa shape index (κ1) is 12.9. The Labute approximate surface area is 120 Å². The monoisotopic (exact) mass is 287 g/mol. The lowest BCUT2D eigenvalue weighted by molar-refractivity contribution is 0.0994. The summed E-state index contributed by atoms with van der Waals surface area (Å²) in [5.41, 5.74) is 2.14. The van der Waals surface area contributed by atoms with E-state index in [0.717, 1.165) is 11.1 Å². The first-order chi connectivity index (χ1) is 9.63. The highest BCUT2D eigenvalue weighted by Crippen LogP contribution is 2.21. The Balaban J connectivity index is 1.92. The molecule has 3 rings (SSSR count). The molecule has 0 aliphatic carbocycles. The van der Waals surface area contributed by atoms with Gasteiger partial charge in [-0.2, -0.15) is 0 Å². The van der Waals surface area contributed by atoms with Gasteiger partial charge in [0, 0.05) is 34.1 Å². The maximum Gasteiger partial charge on any atom is 0.169 e. The maximum atomic E-state index is 13.3. The number of Topliss-reactive ketones (excluding diaryl/α,β-unsaturated/α-hetero) is 1. The summed E-state index contributed by atoms with van der Waals surface area (Å²) in [6.45, 7) is 0. The Morgan fingerprint density at radius 1 is 1.15 bits per heavy atom. The van der Waals surface area contributed by atoms with Crippen molar-refractivity contribution < 1.29 is 9.18 Å². The minimum atomic E-state index is -0.349. The van der Waals surface area contributed by atoms with Gasteiger partial charge in [-0.1, -0.05) is 23.7 Å². The van der Waals surface area contributed by atoms with Gasteiger partial charge in [-0.25, -0.2) is 4.39 Å². The predicted molar refractivity (Wildman–Crippen MR) is 77.7 cm³/mol. The van der Waals surface area contributed by atoms with Crippen molar-refractivity contribution in [2.45, 2.75) is 6.42 Å². The van der Waals surface area contributed by atoms with E-state index in [4.69, 9.17) is 11.6 Å². The van der Waals surface area contributed by atoms with Gasteiger partial charge in [0.05, 0.1) is 0 Å². The summed E-state index contributed by atoms with van der Waals surface area (Å²) < 4.78 is 13.3. The van der Waals surface area contributed by atoms with E-state index in [1.165, 1.54) is 12.1 Å². The first-order valence-electron chi connectivity index (χ1n) is 6.18. The lowest BCUT2D eigenvalue weighted by atomic mass is 10.0. The Morgan fingerprint density at radius 3 is 2.65 bits per heavy atom. The van der Waals surface area contributed by atoms with Crippen LogP contribution in [0.25, 0.3) is 10.9 Å². The number of carbonyl (C=O) groups excluding carboxylic acids is 1. The van der Waals surface area contributed by atoms with Crippen molar-refractivity contribution in [2.75, 3.05) is 0 Å². The molecule has 0 fully saturated rings. The van der Waals surface area contributed by atoms with Gasteiger partial charge in [0.2, 0.25) is 0 Å². The molecule has 3 aromatic rings. The molecule has 100 valence electrons. The van der Waals surface area contributed by atoms with Crippen LogP contribution in [0.15, 0.2) is 48.7 Å². The second-order valence-corrected chi connectivity index (χ2v) is 5.06. The number of nitrogens with one attached hydrogen (secondary N) is 1. The number of hydrogen-bond donors (Lipinski definition) is 1. The first-order valence-corrected chi connectivity index (χ1v) is 6.55. The second kappa shape index (κ2) is 5.10. The van der Waals surface area contributed by atoms with Gasteiger partial charge in [-0.05, 0) is 35.9 Å². The summed E-state index contributed by atoms with van der Waals surface area (Å²) in [5, 5.41) is 1.25. The highest BCUT2D eigenvalue weighted by Gasteiger charge is 2.13. The molecule has 0 aliphatic rings. The number of hydrogen-bond acceptors (Lipinski definition) is 1. The summed E-state index contributed by atoms with van der Waals surface area (Å²) in [5.74, 6) is -0.401. The van der Waals surface area contributed by atoms with E-state index in [9.17, 15) is 9.18 Å². The molecule has 0 saturated carbocycles. The van der Waals surface area contributed by atoms with E-state index in [0.29, 0.717) is 16.0 Å². The molecule has 2 aromatic carbocycles. The molecule has 0 saturated heterocycles. The third-order valence-electron chi connectivity index (χ3n) is 3.22. The van der Waals surface area contributed by atoms with Gasteiger partial charge in [-0.3, -0.25) is 4.79 Å². The Kier molecular flexibility index (Phi) is 3.28. The lowest BCUT2D eigenvalue weighted by Gasteiger charge is -2.01. The van der Waals surface area contributed by atoms with Crippen molar-refractivity contribution in [3.05, 3.63) is 70.6 Å². The van der Waals surface area contributed by atoms with Gasteiger partial charge in [0.1, 0.15) is 5.82 Å². The quantitative estimate of drug-likeness (QED) is 0.712. The molecular formula is C16H11ClFNO. The van der Waals surface area contributed by atoms with E-state index in [2.05, 4.69) is 4.98 Å². The number of H-pyrrole nitrogens is 1. The fourth-order valence-corrected chi connectivity index (χ4v) is 2.33. The van der Waals surface area contributed by atoms with Crippen molar-refractivity contribution >= 4 is 28.3 Å². The van der Waals surface area contributed by atoms with E-state index in [-0.39, 0.29) is 18.0 Å². The molecule has 0 radical (unpaired) electrons. The molecule has 0 bridgehead atoms. The fraction of sp³-hybridized carbons (Fsp3) is 0.0625. The Morgan fingerprint density at radius 2 is 1.90 bits per heavy atom. The molecule has 20 heavy (non-hydrogen) atoms. The molecule has 0 amide bonds. The summed E-state index contributed by atoms with van der Waals surface area (Å²) in [4.78, 5) is 15.3. The van der Waals surface area contributed by atoms with E-state index >= 15 is 0 Å². The second-order valence-electron chi connectivity index (χ2n) is 4.62. The van der Waals surface area contributed by atoms with Crippen LogP contribution >= 0.6 is 11.6 Å². The van der Waals surface area contributed by atoms with Crippen LogP contribution in [0.4, 0.5) is 4.39 Å². The molecule has 0 atom stereocenters. The third kappa shape index (κ3) is 2.45. The van der Waals surface area contributed by atoms with Gasteiger partial charge >= 0.3 is 0 Å². The average Bonchev–Trinajstić information content (AvgIpc) is 2.84. The summed E-state index contributed by atoms with van der Waals surface area (Å²) in [7, 11) is 0. The van der Waals surface area contributed by atoms with E-state index in [1.54, 1.807) is 24.4 Å². The minimum absolute atomic E-state index is 0.0517. The average molecular weight is 288 g/mol. The fourth-order valence-electron chi connectivity index (χ4n) is 2.21. The van der Waals surface area contributed by atoms with Gasteiger partial charge in [-0.15, -0.1) is 0 Å². The van der Waals surface area contributed by atoms with Crippen molar-refractivity contribution in [3.8, 4) is 0 Å². The van der Waals surface area contributed by atoms with Gasteiger partial charge < -0.3 is 4.98 Å². The Hall–Kier alpha value is -2.13. The molecular weight excluding hydrogens is 277 g/mol. The van der Waals surface area contributed by atoms with Crippen LogP contribution in [0.3, 0.4) is 0 Å². The van der Waals surface area contributed by atoms with Crippen molar-refractivity contribution in [1.29, 1.82) is 0 Å². The van der Waals surface area contributed by atoms with Gasteiger partial charge in [0.15, 0.2) is 5.78 Å². The smallest absolute Gasteiger partial charge is 0.169 e. The van der Waals surface area contributed by atoms with E-state index < -0.39 is 0 Å². The number of carbonyl (C=O) groups is 1. The molecule has 4 heteroatoms. The summed E-state index contributed by atoms with van der Waals surface area (Å²) >= 11 is 5.81.